The lowest BCUT2D eigenvalue weighted by atomic mass is 9.87. The Kier molecular flexibility index (Phi) is 10.6. The van der Waals surface area contributed by atoms with Crippen molar-refractivity contribution < 1.29 is 52.6 Å². The highest BCUT2D eigenvalue weighted by Gasteiger charge is 2.69. The Bertz CT molecular complexity index is 1360. The number of thioether (sulfide) groups is 1. The van der Waals surface area contributed by atoms with Crippen LogP contribution >= 0.6 is 23.1 Å². The van der Waals surface area contributed by atoms with E-state index >= 15 is 0 Å². The minimum atomic E-state index is -2.35. The highest BCUT2D eigenvalue weighted by Crippen LogP contribution is 2.44. The van der Waals surface area contributed by atoms with Crippen LogP contribution in [0, 0.1) is 0 Å². The number of nitrogens with zero attached hydrogens (tertiary/aromatic N) is 4. The Hall–Kier alpha value is -4.39. The fourth-order valence-electron chi connectivity index (χ4n) is 3.60. The quantitative estimate of drug-likeness (QED) is 0.0527. The second kappa shape index (κ2) is 13.7. The van der Waals surface area contributed by atoms with Crippen molar-refractivity contribution in [2.24, 2.45) is 5.16 Å². The molecule has 0 aliphatic carbocycles. The van der Waals surface area contributed by atoms with Gasteiger partial charge in [-0.3, -0.25) is 9.59 Å². The highest BCUT2D eigenvalue weighted by atomic mass is 32.2. The molecule has 3 amide bonds. The third kappa shape index (κ3) is 7.72. The zero-order valence-corrected chi connectivity index (χ0v) is 25.6. The molecule has 17 nitrogen and oxygen atoms in total. The number of rotatable bonds is 10. The maximum absolute atomic E-state index is 13.6. The van der Waals surface area contributed by atoms with E-state index in [1.807, 2.05) is 0 Å². The first-order chi connectivity index (χ1) is 20.1. The van der Waals surface area contributed by atoms with Gasteiger partial charge in [-0.1, -0.05) is 5.16 Å². The molecule has 0 saturated carbocycles. The van der Waals surface area contributed by atoms with Crippen molar-refractivity contribution >= 4 is 69.9 Å². The van der Waals surface area contributed by atoms with Crippen molar-refractivity contribution in [2.45, 2.75) is 51.0 Å². The van der Waals surface area contributed by atoms with Crippen LogP contribution < -0.4 is 11.1 Å². The summed E-state index contributed by atoms with van der Waals surface area (Å²) < 4.78 is 20.2. The fraction of sp³-hybridized carbons (Fsp3) is 0.500. The number of β-lactam (4-membered cyclic amide) rings is 1. The van der Waals surface area contributed by atoms with Crippen LogP contribution in [0.1, 0.15) is 33.4 Å². The minimum Gasteiger partial charge on any atom is -0.445 e. The number of ether oxygens (including phenoxy) is 4. The van der Waals surface area contributed by atoms with E-state index in [1.54, 1.807) is 13.8 Å². The molecule has 0 spiro atoms. The largest absolute Gasteiger partial charge is 0.511 e. The normalized spacial score (nSPS) is 20.1. The van der Waals surface area contributed by atoms with Gasteiger partial charge in [-0.2, -0.15) is 0 Å². The van der Waals surface area contributed by atoms with E-state index in [0.29, 0.717) is 5.57 Å². The first-order valence-electron chi connectivity index (χ1n) is 12.5. The third-order valence-corrected chi connectivity index (χ3v) is 7.54. The maximum Gasteiger partial charge on any atom is 0.511 e. The molecule has 2 aliphatic rings. The molecule has 0 aromatic carbocycles. The molecule has 2 aliphatic heterocycles. The highest BCUT2D eigenvalue weighted by molar-refractivity contribution is 8.00. The molecule has 234 valence electrons. The molecule has 3 atom stereocenters. The number of nitrogens with one attached hydrogen (secondary N) is 1. The fourth-order valence-corrected chi connectivity index (χ4v) is 5.50. The average Bonchev–Trinajstić information content (AvgIpc) is 3.34. The first kappa shape index (κ1) is 33.1. The number of aromatic nitrogens is 1. The number of esters is 1. The summed E-state index contributed by atoms with van der Waals surface area (Å²) in [4.78, 5) is 86.8. The maximum atomic E-state index is 13.6. The third-order valence-electron chi connectivity index (χ3n) is 5.43. The van der Waals surface area contributed by atoms with Gasteiger partial charge in [0.25, 0.3) is 11.8 Å². The second-order valence-electron chi connectivity index (χ2n) is 9.48. The van der Waals surface area contributed by atoms with E-state index in [0.717, 1.165) is 34.9 Å². The van der Waals surface area contributed by atoms with Crippen LogP contribution in [0.3, 0.4) is 0 Å². The van der Waals surface area contributed by atoms with Crippen LogP contribution in [-0.4, -0.2) is 106 Å². The van der Waals surface area contributed by atoms with Gasteiger partial charge < -0.3 is 44.6 Å². The van der Waals surface area contributed by atoms with Crippen molar-refractivity contribution in [3.63, 3.8) is 0 Å². The molecule has 1 saturated heterocycles. The van der Waals surface area contributed by atoms with Crippen molar-refractivity contribution in [3.8, 4) is 0 Å². The Morgan fingerprint density at radius 1 is 1.21 bits per heavy atom. The Labute approximate surface area is 253 Å². The predicted octanol–water partition coefficient (Wildman–Crippen LogP) is 0.796. The lowest BCUT2D eigenvalue weighted by Crippen LogP contribution is -2.82. The molecular formula is C24H30N6O11S2. The molecule has 19 heteroatoms. The van der Waals surface area contributed by atoms with E-state index < -0.39 is 65.0 Å². The zero-order chi connectivity index (χ0) is 32.1. The molecule has 1 fully saturated rings. The summed E-state index contributed by atoms with van der Waals surface area (Å²) in [6, 6.07) is 0. The number of nitrogens with two attached hydrogens (primary N) is 1. The van der Waals surface area contributed by atoms with Crippen LogP contribution in [-0.2, 0) is 43.0 Å². The number of amides is 3. The Balaban J connectivity index is 1.91. The average molecular weight is 643 g/mol. The number of carbonyl (C=O) groups is 6. The van der Waals surface area contributed by atoms with E-state index in [-0.39, 0.29) is 23.2 Å². The molecular weight excluding hydrogens is 612 g/mol. The van der Waals surface area contributed by atoms with E-state index in [2.05, 4.69) is 20.3 Å². The Morgan fingerprint density at radius 2 is 1.91 bits per heavy atom. The van der Waals surface area contributed by atoms with Crippen LogP contribution in [0.2, 0.25) is 0 Å². The molecule has 43 heavy (non-hydrogen) atoms. The van der Waals surface area contributed by atoms with Gasteiger partial charge in [0, 0.05) is 45.3 Å². The molecule has 3 heterocycles. The van der Waals surface area contributed by atoms with Gasteiger partial charge in [0.05, 0.1) is 6.10 Å². The van der Waals surface area contributed by atoms with E-state index in [1.165, 1.54) is 37.5 Å². The van der Waals surface area contributed by atoms with Gasteiger partial charge in [0.15, 0.2) is 10.8 Å². The first-order valence-corrected chi connectivity index (χ1v) is 14.4. The van der Waals surface area contributed by atoms with Gasteiger partial charge in [0.1, 0.15) is 17.7 Å². The second-order valence-corrected chi connectivity index (χ2v) is 11.4. The van der Waals surface area contributed by atoms with Gasteiger partial charge in [-0.25, -0.2) is 24.2 Å². The summed E-state index contributed by atoms with van der Waals surface area (Å²) in [5, 5.41) is 6.28. The number of thiazole rings is 1. The molecule has 3 N–H and O–H groups in total. The van der Waals surface area contributed by atoms with Gasteiger partial charge in [-0.15, -0.1) is 23.1 Å². The number of oxime groups is 1. The van der Waals surface area contributed by atoms with E-state index in [4.69, 9.17) is 24.7 Å². The smallest absolute Gasteiger partial charge is 0.445 e. The number of carbonyl (C=O) groups excluding carboxylic acids is 6. The summed E-state index contributed by atoms with van der Waals surface area (Å²) in [6.45, 7) is 5.30. The molecule has 1 unspecified atom stereocenters. The minimum absolute atomic E-state index is 0.0630. The summed E-state index contributed by atoms with van der Waals surface area (Å²) in [7, 11) is 3.02. The van der Waals surface area contributed by atoms with Crippen LogP contribution in [0.5, 0.6) is 0 Å². The van der Waals surface area contributed by atoms with Crippen LogP contribution in [0.25, 0.3) is 0 Å². The molecule has 1 aromatic heterocycles. The molecule has 1 aromatic rings. The predicted molar refractivity (Wildman–Crippen MR) is 150 cm³/mol. The number of fused-ring (bicyclic) bond motifs is 1. The summed E-state index contributed by atoms with van der Waals surface area (Å²) in [6.07, 6.45) is -2.36. The van der Waals surface area contributed by atoms with Gasteiger partial charge in [0.2, 0.25) is 11.8 Å². The Morgan fingerprint density at radius 3 is 2.49 bits per heavy atom. The lowest BCUT2D eigenvalue weighted by Gasteiger charge is -2.53. The van der Waals surface area contributed by atoms with Crippen molar-refractivity contribution in [3.05, 3.63) is 22.8 Å². The van der Waals surface area contributed by atoms with Crippen LogP contribution in [0.15, 0.2) is 22.3 Å². The van der Waals surface area contributed by atoms with Gasteiger partial charge in [-0.05, 0) is 19.4 Å². The summed E-state index contributed by atoms with van der Waals surface area (Å²) >= 11 is 2.03. The number of anilines is 1. The van der Waals surface area contributed by atoms with Crippen LogP contribution in [0.4, 0.5) is 14.7 Å². The van der Waals surface area contributed by atoms with Crippen molar-refractivity contribution in [1.29, 1.82) is 0 Å². The topological polar surface area (TPSA) is 218 Å². The van der Waals surface area contributed by atoms with Gasteiger partial charge >= 0.3 is 24.2 Å². The molecule has 0 radical (unpaired) electrons. The van der Waals surface area contributed by atoms with Crippen molar-refractivity contribution in [2.75, 3.05) is 32.2 Å². The monoisotopic (exact) mass is 642 g/mol. The number of hydrogen-bond donors (Lipinski definition) is 2. The zero-order valence-electron chi connectivity index (χ0n) is 24.0. The van der Waals surface area contributed by atoms with E-state index in [9.17, 15) is 28.8 Å². The standard InChI is InChI=1S/C24H30N6O11S2/c1-11(2)38-23(36)40-13(4)39-20(34)24(27-17(32)16(28-41-12(3)31)15-10-43-21(25)26-15)18(33)30-7-14(9-42-19(24)30)8-37-22(35)29(5)6/h7,10-11,13,19H,8-9H2,1-6H3,(H2,25,26)(H,27,32)/b28-16-/t13?,19-,24+/m0/s1. The number of nitrogen functional groups attached to an aromatic ring is 1. The lowest BCUT2D eigenvalue weighted by molar-refractivity contribution is -0.188. The molecule has 0 bridgehead atoms. The SMILES string of the molecule is CC(=O)O/N=C(\C(=O)N[C@]1(C(=O)OC(C)OC(=O)OC(C)C)C(=O)N2C=C(COC(=O)N(C)C)CS[C@H]21)c1csc(N)n1. The number of hydrogen-bond acceptors (Lipinski definition) is 16. The van der Waals surface area contributed by atoms with Crippen molar-refractivity contribution in [1.82, 2.24) is 20.1 Å². The summed E-state index contributed by atoms with van der Waals surface area (Å²) in [5.74, 6) is -3.96. The summed E-state index contributed by atoms with van der Waals surface area (Å²) in [5.41, 5.74) is 3.22. The molecule has 3 rings (SSSR count).